The first-order valence-corrected chi connectivity index (χ1v) is 6.69. The fourth-order valence-corrected chi connectivity index (χ4v) is 2.06. The summed E-state index contributed by atoms with van der Waals surface area (Å²) >= 11 is 0. The maximum Gasteiger partial charge on any atom is 0.120 e. The van der Waals surface area contributed by atoms with E-state index in [1.54, 1.807) is 12.3 Å². The number of furan rings is 1. The largest absolute Gasteiger partial charge is 0.508 e. The Kier molecular flexibility index (Phi) is 4.63. The van der Waals surface area contributed by atoms with Gasteiger partial charge in [-0.05, 0) is 38.5 Å². The highest BCUT2D eigenvalue weighted by molar-refractivity contribution is 5.35. The Balaban J connectivity index is 1.79. The van der Waals surface area contributed by atoms with Crippen LogP contribution in [-0.2, 0) is 13.0 Å². The van der Waals surface area contributed by atoms with Crippen molar-refractivity contribution in [2.75, 3.05) is 0 Å². The standard InChI is InChI=1S/C16H21NO2/c1-12-5-8-16(18)14(10-12)11-17-13(2)6-7-15-4-3-9-19-15/h3-5,8-10,13,17-18H,6-7,11H2,1-2H3. The summed E-state index contributed by atoms with van der Waals surface area (Å²) in [6.07, 6.45) is 3.65. The number of phenolic OH excluding ortho intramolecular Hbond substituents is 1. The lowest BCUT2D eigenvalue weighted by molar-refractivity contribution is 0.443. The van der Waals surface area contributed by atoms with Gasteiger partial charge in [-0.3, -0.25) is 0 Å². The van der Waals surface area contributed by atoms with Crippen molar-refractivity contribution in [1.29, 1.82) is 0 Å². The van der Waals surface area contributed by atoms with Crippen LogP contribution in [0, 0.1) is 6.92 Å². The zero-order valence-corrected chi connectivity index (χ0v) is 11.5. The van der Waals surface area contributed by atoms with Gasteiger partial charge >= 0.3 is 0 Å². The maximum atomic E-state index is 9.77. The summed E-state index contributed by atoms with van der Waals surface area (Å²) in [5, 5.41) is 13.2. The molecule has 0 fully saturated rings. The molecule has 1 aromatic heterocycles. The average Bonchev–Trinajstić information content (AvgIpc) is 2.90. The number of nitrogens with one attached hydrogen (secondary N) is 1. The normalized spacial score (nSPS) is 12.5. The van der Waals surface area contributed by atoms with E-state index in [1.807, 2.05) is 31.2 Å². The Hall–Kier alpha value is -1.74. The number of aryl methyl sites for hydroxylation is 2. The smallest absolute Gasteiger partial charge is 0.120 e. The Bertz CT molecular complexity index is 505. The number of rotatable bonds is 6. The SMILES string of the molecule is Cc1ccc(O)c(CNC(C)CCc2ccco2)c1. The van der Waals surface area contributed by atoms with Crippen LogP contribution in [0.25, 0.3) is 0 Å². The molecule has 1 aromatic carbocycles. The second-order valence-corrected chi connectivity index (χ2v) is 5.03. The number of hydrogen-bond donors (Lipinski definition) is 2. The molecule has 0 aliphatic rings. The van der Waals surface area contributed by atoms with Crippen LogP contribution < -0.4 is 5.32 Å². The molecule has 1 atom stereocenters. The number of benzene rings is 1. The van der Waals surface area contributed by atoms with Crippen molar-refractivity contribution in [2.24, 2.45) is 0 Å². The van der Waals surface area contributed by atoms with Gasteiger partial charge in [-0.2, -0.15) is 0 Å². The first kappa shape index (κ1) is 13.7. The molecule has 0 saturated carbocycles. The molecule has 19 heavy (non-hydrogen) atoms. The first-order chi connectivity index (χ1) is 9.15. The van der Waals surface area contributed by atoms with Crippen molar-refractivity contribution >= 4 is 0 Å². The predicted octanol–water partition coefficient (Wildman–Crippen LogP) is 3.40. The van der Waals surface area contributed by atoms with Gasteiger partial charge in [0.05, 0.1) is 6.26 Å². The summed E-state index contributed by atoms with van der Waals surface area (Å²) in [4.78, 5) is 0. The van der Waals surface area contributed by atoms with Gasteiger partial charge in [0, 0.05) is 24.6 Å². The van der Waals surface area contributed by atoms with Crippen molar-refractivity contribution in [2.45, 2.75) is 39.3 Å². The highest BCUT2D eigenvalue weighted by Gasteiger charge is 2.06. The van der Waals surface area contributed by atoms with E-state index in [4.69, 9.17) is 4.42 Å². The molecule has 2 rings (SSSR count). The summed E-state index contributed by atoms with van der Waals surface area (Å²) in [6.45, 7) is 4.87. The predicted molar refractivity (Wildman–Crippen MR) is 76.2 cm³/mol. The summed E-state index contributed by atoms with van der Waals surface area (Å²) in [5.74, 6) is 1.38. The highest BCUT2D eigenvalue weighted by Crippen LogP contribution is 2.18. The second kappa shape index (κ2) is 6.43. The van der Waals surface area contributed by atoms with Crippen molar-refractivity contribution in [1.82, 2.24) is 5.32 Å². The Morgan fingerprint density at radius 3 is 2.89 bits per heavy atom. The van der Waals surface area contributed by atoms with Crippen molar-refractivity contribution in [3.63, 3.8) is 0 Å². The number of phenols is 1. The third-order valence-electron chi connectivity index (χ3n) is 3.28. The minimum Gasteiger partial charge on any atom is -0.508 e. The molecule has 0 bridgehead atoms. The molecule has 0 aliphatic heterocycles. The van der Waals surface area contributed by atoms with Crippen LogP contribution in [0.4, 0.5) is 0 Å². The average molecular weight is 259 g/mol. The lowest BCUT2D eigenvalue weighted by Crippen LogP contribution is -2.26. The van der Waals surface area contributed by atoms with Crippen LogP contribution >= 0.6 is 0 Å². The molecule has 2 aromatic rings. The fourth-order valence-electron chi connectivity index (χ4n) is 2.06. The maximum absolute atomic E-state index is 9.77. The molecule has 1 heterocycles. The third-order valence-corrected chi connectivity index (χ3v) is 3.28. The first-order valence-electron chi connectivity index (χ1n) is 6.69. The zero-order valence-electron chi connectivity index (χ0n) is 11.5. The minimum atomic E-state index is 0.358. The van der Waals surface area contributed by atoms with Gasteiger partial charge in [-0.1, -0.05) is 17.7 Å². The van der Waals surface area contributed by atoms with E-state index in [0.717, 1.165) is 29.7 Å². The van der Waals surface area contributed by atoms with Crippen LogP contribution in [0.2, 0.25) is 0 Å². The Morgan fingerprint density at radius 1 is 1.32 bits per heavy atom. The molecule has 0 spiro atoms. The Labute approximate surface area is 114 Å². The molecule has 3 heteroatoms. The molecule has 1 unspecified atom stereocenters. The second-order valence-electron chi connectivity index (χ2n) is 5.03. The summed E-state index contributed by atoms with van der Waals surface area (Å²) in [7, 11) is 0. The van der Waals surface area contributed by atoms with Crippen LogP contribution in [0.15, 0.2) is 41.0 Å². The van der Waals surface area contributed by atoms with E-state index >= 15 is 0 Å². The molecular weight excluding hydrogens is 238 g/mol. The highest BCUT2D eigenvalue weighted by atomic mass is 16.3. The monoisotopic (exact) mass is 259 g/mol. The topological polar surface area (TPSA) is 45.4 Å². The third kappa shape index (κ3) is 4.14. The van der Waals surface area contributed by atoms with Gasteiger partial charge in [-0.25, -0.2) is 0 Å². The van der Waals surface area contributed by atoms with E-state index in [9.17, 15) is 5.11 Å². The number of hydrogen-bond acceptors (Lipinski definition) is 3. The zero-order chi connectivity index (χ0) is 13.7. The summed E-state index contributed by atoms with van der Waals surface area (Å²) in [6, 6.07) is 9.97. The Morgan fingerprint density at radius 2 is 2.16 bits per heavy atom. The van der Waals surface area contributed by atoms with Crippen LogP contribution in [0.5, 0.6) is 5.75 Å². The van der Waals surface area contributed by atoms with Crippen molar-refractivity contribution in [3.05, 3.63) is 53.5 Å². The van der Waals surface area contributed by atoms with Gasteiger partial charge in [0.2, 0.25) is 0 Å². The molecule has 0 amide bonds. The number of aromatic hydroxyl groups is 1. The van der Waals surface area contributed by atoms with E-state index in [-0.39, 0.29) is 0 Å². The fraction of sp³-hybridized carbons (Fsp3) is 0.375. The van der Waals surface area contributed by atoms with Gasteiger partial charge < -0.3 is 14.8 Å². The minimum absolute atomic E-state index is 0.358. The van der Waals surface area contributed by atoms with Gasteiger partial charge in [0.1, 0.15) is 11.5 Å². The van der Waals surface area contributed by atoms with Crippen molar-refractivity contribution < 1.29 is 9.52 Å². The van der Waals surface area contributed by atoms with Crippen LogP contribution in [0.1, 0.15) is 30.2 Å². The molecule has 102 valence electrons. The lowest BCUT2D eigenvalue weighted by atomic mass is 10.1. The summed E-state index contributed by atoms with van der Waals surface area (Å²) in [5.41, 5.74) is 2.11. The molecular formula is C16H21NO2. The summed E-state index contributed by atoms with van der Waals surface area (Å²) < 4.78 is 5.31. The molecule has 0 aliphatic carbocycles. The van der Waals surface area contributed by atoms with E-state index in [2.05, 4.69) is 12.2 Å². The molecule has 0 radical (unpaired) electrons. The lowest BCUT2D eigenvalue weighted by Gasteiger charge is -2.14. The van der Waals surface area contributed by atoms with Crippen LogP contribution in [0.3, 0.4) is 0 Å². The van der Waals surface area contributed by atoms with E-state index in [1.165, 1.54) is 0 Å². The molecule has 0 saturated heterocycles. The molecule has 3 nitrogen and oxygen atoms in total. The quantitative estimate of drug-likeness (QED) is 0.835. The molecule has 2 N–H and O–H groups in total. The van der Waals surface area contributed by atoms with Gasteiger partial charge in [0.25, 0.3) is 0 Å². The van der Waals surface area contributed by atoms with Gasteiger partial charge in [-0.15, -0.1) is 0 Å². The van der Waals surface area contributed by atoms with Gasteiger partial charge in [0.15, 0.2) is 0 Å². The van der Waals surface area contributed by atoms with E-state index < -0.39 is 0 Å². The van der Waals surface area contributed by atoms with Crippen molar-refractivity contribution in [3.8, 4) is 5.75 Å². The van der Waals surface area contributed by atoms with Crippen LogP contribution in [-0.4, -0.2) is 11.1 Å². The van der Waals surface area contributed by atoms with E-state index in [0.29, 0.717) is 18.3 Å².